The molecule has 1 heterocycles. The van der Waals surface area contributed by atoms with Crippen LogP contribution in [-0.4, -0.2) is 29.5 Å². The van der Waals surface area contributed by atoms with Crippen LogP contribution in [0.5, 0.6) is 5.75 Å². The number of nitro groups is 1. The van der Waals surface area contributed by atoms with Gasteiger partial charge in [0.1, 0.15) is 12.0 Å². The summed E-state index contributed by atoms with van der Waals surface area (Å²) >= 11 is 0. The highest BCUT2D eigenvalue weighted by molar-refractivity contribution is 6.26. The van der Waals surface area contributed by atoms with E-state index in [-0.39, 0.29) is 22.8 Å². The molecular formula is C18H12N4O4. The highest BCUT2D eigenvalue weighted by atomic mass is 16.6. The van der Waals surface area contributed by atoms with Crippen LogP contribution in [-0.2, 0) is 4.79 Å². The average molecular weight is 348 g/mol. The Labute approximate surface area is 148 Å². The van der Waals surface area contributed by atoms with Crippen molar-refractivity contribution in [1.29, 1.82) is 5.26 Å². The van der Waals surface area contributed by atoms with Gasteiger partial charge >= 0.3 is 5.69 Å². The number of benzene rings is 1. The Balaban J connectivity index is 2.01. The fraction of sp³-hybridized carbons (Fsp3) is 0.111. The molecule has 1 aromatic carbocycles. The van der Waals surface area contributed by atoms with Crippen LogP contribution < -0.4 is 4.74 Å². The van der Waals surface area contributed by atoms with Gasteiger partial charge < -0.3 is 4.74 Å². The molecular weight excluding hydrogens is 336 g/mol. The molecule has 26 heavy (non-hydrogen) atoms. The maximum Gasteiger partial charge on any atom is 0.311 e. The molecule has 0 bridgehead atoms. The number of nitriles is 1. The standard InChI is InChI=1S/C18H12N4O4/c1-26-16-7-6-11(9-15(16)22(24)25)8-12(10-19)17-20-14-5-3-2-4-13(14)18(23)21-17/h2-9,13H,1H3/b12-8+. The maximum atomic E-state index is 12.1. The summed E-state index contributed by atoms with van der Waals surface area (Å²) in [5.41, 5.74) is 0.702. The van der Waals surface area contributed by atoms with Gasteiger partial charge in [0.2, 0.25) is 0 Å². The van der Waals surface area contributed by atoms with Gasteiger partial charge in [0.15, 0.2) is 11.6 Å². The minimum atomic E-state index is -0.576. The highest BCUT2D eigenvalue weighted by Gasteiger charge is 2.27. The van der Waals surface area contributed by atoms with Crippen LogP contribution in [0.15, 0.2) is 58.1 Å². The summed E-state index contributed by atoms with van der Waals surface area (Å²) in [5, 5.41) is 20.6. The second-order valence-electron chi connectivity index (χ2n) is 5.39. The van der Waals surface area contributed by atoms with E-state index in [1.807, 2.05) is 6.07 Å². The molecule has 0 saturated carbocycles. The van der Waals surface area contributed by atoms with Gasteiger partial charge in [0.05, 0.1) is 23.3 Å². The van der Waals surface area contributed by atoms with Gasteiger partial charge in [0, 0.05) is 6.07 Å². The Hall–Kier alpha value is -3.86. The number of fused-ring (bicyclic) bond motifs is 1. The zero-order valence-corrected chi connectivity index (χ0v) is 13.6. The molecule has 8 nitrogen and oxygen atoms in total. The Kier molecular flexibility index (Phi) is 4.53. The first-order valence-corrected chi connectivity index (χ1v) is 7.54. The number of rotatable bonds is 4. The van der Waals surface area contributed by atoms with Gasteiger partial charge in [-0.3, -0.25) is 14.9 Å². The quantitative estimate of drug-likeness (QED) is 0.471. The van der Waals surface area contributed by atoms with Crippen molar-refractivity contribution < 1.29 is 14.5 Å². The van der Waals surface area contributed by atoms with Gasteiger partial charge in [-0.05, 0) is 23.8 Å². The van der Waals surface area contributed by atoms with Gasteiger partial charge in [-0.15, -0.1) is 0 Å². The molecule has 0 radical (unpaired) electrons. The first-order chi connectivity index (χ1) is 12.5. The molecule has 8 heteroatoms. The van der Waals surface area contributed by atoms with Crippen molar-refractivity contribution >= 4 is 29.2 Å². The molecule has 1 aromatic rings. The fourth-order valence-corrected chi connectivity index (χ4v) is 2.54. The summed E-state index contributed by atoms with van der Waals surface area (Å²) in [6, 6.07) is 6.22. The van der Waals surface area contributed by atoms with E-state index < -0.39 is 16.7 Å². The number of methoxy groups -OCH3 is 1. The van der Waals surface area contributed by atoms with Crippen LogP contribution in [0.25, 0.3) is 6.08 Å². The number of allylic oxidation sites excluding steroid dienone is 3. The number of aliphatic imine (C=N–C) groups is 2. The number of nitro benzene ring substituents is 1. The molecule has 0 N–H and O–H groups in total. The lowest BCUT2D eigenvalue weighted by atomic mass is 9.96. The van der Waals surface area contributed by atoms with Crippen molar-refractivity contribution in [2.75, 3.05) is 7.11 Å². The third-order valence-electron chi connectivity index (χ3n) is 3.79. The second-order valence-corrected chi connectivity index (χ2v) is 5.39. The third kappa shape index (κ3) is 3.18. The Morgan fingerprint density at radius 3 is 2.88 bits per heavy atom. The van der Waals surface area contributed by atoms with E-state index in [9.17, 15) is 20.2 Å². The molecule has 128 valence electrons. The lowest BCUT2D eigenvalue weighted by molar-refractivity contribution is -0.385. The Morgan fingerprint density at radius 1 is 1.38 bits per heavy atom. The molecule has 1 unspecified atom stereocenters. The lowest BCUT2D eigenvalue weighted by Gasteiger charge is -2.17. The van der Waals surface area contributed by atoms with E-state index in [0.717, 1.165) is 0 Å². The van der Waals surface area contributed by atoms with E-state index in [4.69, 9.17) is 4.74 Å². The van der Waals surface area contributed by atoms with Crippen molar-refractivity contribution in [2.45, 2.75) is 0 Å². The number of hydrogen-bond acceptors (Lipinski definition) is 6. The first-order valence-electron chi connectivity index (χ1n) is 7.54. The minimum absolute atomic E-state index is 0.0119. The summed E-state index contributed by atoms with van der Waals surface area (Å²) in [7, 11) is 1.33. The number of carbonyl (C=O) groups excluding carboxylic acids is 1. The minimum Gasteiger partial charge on any atom is -0.490 e. The molecule has 1 atom stereocenters. The van der Waals surface area contributed by atoms with Gasteiger partial charge in [-0.1, -0.05) is 24.3 Å². The van der Waals surface area contributed by atoms with Crippen molar-refractivity contribution in [3.8, 4) is 11.8 Å². The molecule has 0 aromatic heterocycles. The number of nitrogens with zero attached hydrogens (tertiary/aromatic N) is 4. The predicted molar refractivity (Wildman–Crippen MR) is 94.9 cm³/mol. The number of ether oxygens (including phenoxy) is 1. The lowest BCUT2D eigenvalue weighted by Crippen LogP contribution is -2.27. The second kappa shape index (κ2) is 6.94. The van der Waals surface area contributed by atoms with Crippen molar-refractivity contribution in [1.82, 2.24) is 0 Å². The van der Waals surface area contributed by atoms with E-state index >= 15 is 0 Å². The van der Waals surface area contributed by atoms with Crippen LogP contribution in [0.1, 0.15) is 5.56 Å². The van der Waals surface area contributed by atoms with Crippen LogP contribution in [0.4, 0.5) is 5.69 Å². The fourth-order valence-electron chi connectivity index (χ4n) is 2.54. The zero-order chi connectivity index (χ0) is 18.7. The molecule has 1 aliphatic heterocycles. The molecule has 0 saturated heterocycles. The van der Waals surface area contributed by atoms with Gasteiger partial charge in [-0.25, -0.2) is 4.99 Å². The van der Waals surface area contributed by atoms with E-state index in [2.05, 4.69) is 9.98 Å². The highest BCUT2D eigenvalue weighted by Crippen LogP contribution is 2.28. The maximum absolute atomic E-state index is 12.1. The van der Waals surface area contributed by atoms with Gasteiger partial charge in [-0.2, -0.15) is 10.3 Å². The largest absolute Gasteiger partial charge is 0.490 e. The predicted octanol–water partition coefficient (Wildman–Crippen LogP) is 2.63. The Morgan fingerprint density at radius 2 is 2.19 bits per heavy atom. The molecule has 3 rings (SSSR count). The number of amides is 1. The van der Waals surface area contributed by atoms with Crippen LogP contribution in [0.3, 0.4) is 0 Å². The van der Waals surface area contributed by atoms with Crippen molar-refractivity contribution in [3.05, 3.63) is 63.8 Å². The third-order valence-corrected chi connectivity index (χ3v) is 3.79. The number of hydrogen-bond donors (Lipinski definition) is 0. The molecule has 1 aliphatic carbocycles. The van der Waals surface area contributed by atoms with E-state index in [1.165, 1.54) is 25.3 Å². The Bertz CT molecular complexity index is 993. The molecule has 2 aliphatic rings. The van der Waals surface area contributed by atoms with Crippen LogP contribution in [0.2, 0.25) is 0 Å². The van der Waals surface area contributed by atoms with E-state index in [1.54, 1.807) is 30.4 Å². The van der Waals surface area contributed by atoms with Crippen LogP contribution >= 0.6 is 0 Å². The summed E-state index contributed by atoms with van der Waals surface area (Å²) in [6.07, 6.45) is 8.24. The van der Waals surface area contributed by atoms with Crippen molar-refractivity contribution in [2.24, 2.45) is 15.9 Å². The summed E-state index contributed by atoms with van der Waals surface area (Å²) in [5.74, 6) is -0.849. The van der Waals surface area contributed by atoms with E-state index in [0.29, 0.717) is 11.3 Å². The topological polar surface area (TPSA) is 118 Å². The monoisotopic (exact) mass is 348 g/mol. The zero-order valence-electron chi connectivity index (χ0n) is 13.6. The smallest absolute Gasteiger partial charge is 0.311 e. The molecule has 0 spiro atoms. The summed E-state index contributed by atoms with van der Waals surface area (Å²) in [4.78, 5) is 30.8. The summed E-state index contributed by atoms with van der Waals surface area (Å²) < 4.78 is 4.95. The number of carbonyl (C=O) groups is 1. The van der Waals surface area contributed by atoms with Crippen LogP contribution in [0, 0.1) is 27.4 Å². The first kappa shape index (κ1) is 17.0. The number of amidine groups is 1. The SMILES string of the molecule is COc1ccc(/C=C(\C#N)C2=NC(=O)C3C=CC=CC3=N2)cc1[N+](=O)[O-]. The average Bonchev–Trinajstić information content (AvgIpc) is 2.65. The molecule has 1 amide bonds. The van der Waals surface area contributed by atoms with Gasteiger partial charge in [0.25, 0.3) is 5.91 Å². The molecule has 0 fully saturated rings. The van der Waals surface area contributed by atoms with Crippen molar-refractivity contribution in [3.63, 3.8) is 0 Å². The normalized spacial score (nSPS) is 18.5. The summed E-state index contributed by atoms with van der Waals surface area (Å²) in [6.45, 7) is 0.